The minimum absolute atomic E-state index is 0.0240. The van der Waals surface area contributed by atoms with Crippen LogP contribution in [-0.2, 0) is 33.4 Å². The van der Waals surface area contributed by atoms with Crippen LogP contribution in [-0.4, -0.2) is 78.8 Å². The van der Waals surface area contributed by atoms with Gasteiger partial charge in [-0.05, 0) is 138 Å². The number of nitrogens with one attached hydrogen (secondary N) is 1. The number of thioether (sulfide) groups is 1. The molecule has 1 saturated heterocycles. The molecule has 0 bridgehead atoms. The number of amides is 1. The van der Waals surface area contributed by atoms with E-state index in [-0.39, 0.29) is 52.5 Å². The predicted octanol–water partition coefficient (Wildman–Crippen LogP) is 11.0. The Labute approximate surface area is 390 Å². The molecular formula is C53H82N2O8S. The molecule has 6 unspecified atom stereocenters. The summed E-state index contributed by atoms with van der Waals surface area (Å²) in [6, 6.07) is 0. The summed E-state index contributed by atoms with van der Waals surface area (Å²) in [7, 11) is 1.67. The summed E-state index contributed by atoms with van der Waals surface area (Å²) in [6.45, 7) is 17.7. The van der Waals surface area contributed by atoms with Crippen LogP contribution in [0.25, 0.3) is 0 Å². The average molecular weight is 907 g/mol. The second-order valence-corrected chi connectivity index (χ2v) is 20.5. The first-order valence-corrected chi connectivity index (χ1v) is 25.2. The average Bonchev–Trinajstić information content (AvgIpc) is 4.12. The Morgan fingerprint density at radius 1 is 0.938 bits per heavy atom. The molecule has 3 fully saturated rings. The lowest BCUT2D eigenvalue weighted by Crippen LogP contribution is -2.43. The smallest absolute Gasteiger partial charge is 0.407 e. The fraction of sp³-hybridized carbons (Fsp3) is 0.679. The SMILES string of the molecule is C=C/C(=C\N)CNC(=O)OC1CCC(C)(CCC(CC(=O)C(C)/C=C(\C)C(CC(=O)C(C)CC/C=C/C=C/C=C(\C)C(C[C@@H]2CC[C@@H](C)C(C(=O)C(C)=O)O2)OC)SC)C2CC2)CC1. The Balaban J connectivity index is 1.40. The number of ketones is 4. The van der Waals surface area contributed by atoms with E-state index in [0.717, 1.165) is 80.9 Å². The molecule has 1 aliphatic heterocycles. The molecule has 0 aromatic rings. The summed E-state index contributed by atoms with van der Waals surface area (Å²) < 4.78 is 17.5. The molecule has 0 spiro atoms. The van der Waals surface area contributed by atoms with Crippen LogP contribution in [0, 0.1) is 35.0 Å². The van der Waals surface area contributed by atoms with Crippen LogP contribution in [0.5, 0.6) is 0 Å². The normalized spacial score (nSPS) is 25.9. The molecule has 8 atom stereocenters. The van der Waals surface area contributed by atoms with Gasteiger partial charge in [0.2, 0.25) is 5.78 Å². The molecular weight excluding hydrogens is 825 g/mol. The van der Waals surface area contributed by atoms with Gasteiger partial charge >= 0.3 is 6.09 Å². The van der Waals surface area contributed by atoms with Crippen molar-refractivity contribution < 1.29 is 38.2 Å². The highest BCUT2D eigenvalue weighted by atomic mass is 32.2. The van der Waals surface area contributed by atoms with E-state index in [1.165, 1.54) is 26.0 Å². The quantitative estimate of drug-likeness (QED) is 0.0441. The van der Waals surface area contributed by atoms with Crippen LogP contribution in [0.4, 0.5) is 4.79 Å². The molecule has 3 aliphatic rings. The van der Waals surface area contributed by atoms with E-state index in [1.54, 1.807) is 24.9 Å². The van der Waals surface area contributed by atoms with Crippen LogP contribution in [0.15, 0.2) is 72.0 Å². The molecule has 1 amide bonds. The summed E-state index contributed by atoms with van der Waals surface area (Å²) in [5, 5.41) is 2.80. The van der Waals surface area contributed by atoms with Crippen LogP contribution < -0.4 is 11.1 Å². The molecule has 0 aromatic carbocycles. The van der Waals surface area contributed by atoms with Gasteiger partial charge in [0.15, 0.2) is 5.78 Å². The van der Waals surface area contributed by atoms with Gasteiger partial charge in [-0.25, -0.2) is 4.79 Å². The third-order valence-corrected chi connectivity index (χ3v) is 15.2. The first kappa shape index (κ1) is 54.8. The first-order valence-electron chi connectivity index (χ1n) is 23.9. The van der Waals surface area contributed by atoms with Crippen molar-refractivity contribution in [2.24, 2.45) is 40.7 Å². The van der Waals surface area contributed by atoms with E-state index in [0.29, 0.717) is 43.4 Å². The van der Waals surface area contributed by atoms with Gasteiger partial charge < -0.3 is 25.3 Å². The molecule has 10 nitrogen and oxygen atoms in total. The van der Waals surface area contributed by atoms with Gasteiger partial charge in [-0.15, -0.1) is 0 Å². The maximum atomic E-state index is 13.7. The zero-order valence-corrected chi connectivity index (χ0v) is 41.5. The number of methoxy groups -OCH3 is 1. The lowest BCUT2D eigenvalue weighted by Gasteiger charge is -2.38. The van der Waals surface area contributed by atoms with E-state index in [1.807, 2.05) is 58.3 Å². The van der Waals surface area contributed by atoms with Crippen molar-refractivity contribution in [3.05, 3.63) is 72.0 Å². The van der Waals surface area contributed by atoms with Crippen LogP contribution in [0.1, 0.15) is 145 Å². The highest BCUT2D eigenvalue weighted by Crippen LogP contribution is 2.46. The Kier molecular flexibility index (Phi) is 23.8. The van der Waals surface area contributed by atoms with Gasteiger partial charge in [-0.1, -0.05) is 82.4 Å². The van der Waals surface area contributed by atoms with Crippen LogP contribution in [0.3, 0.4) is 0 Å². The highest BCUT2D eigenvalue weighted by molar-refractivity contribution is 7.99. The van der Waals surface area contributed by atoms with Crippen molar-refractivity contribution in [3.63, 3.8) is 0 Å². The molecule has 2 aliphatic carbocycles. The van der Waals surface area contributed by atoms with Gasteiger partial charge in [-0.2, -0.15) is 11.8 Å². The van der Waals surface area contributed by atoms with Crippen molar-refractivity contribution in [3.8, 4) is 0 Å². The largest absolute Gasteiger partial charge is 0.446 e. The Morgan fingerprint density at radius 2 is 1.64 bits per heavy atom. The van der Waals surface area contributed by atoms with E-state index < -0.39 is 23.8 Å². The van der Waals surface area contributed by atoms with Gasteiger partial charge in [-0.3, -0.25) is 19.2 Å². The number of Topliss-reactive ketones (excluding diaryl/α,β-unsaturated/α-hetero) is 4. The van der Waals surface area contributed by atoms with Gasteiger partial charge in [0, 0.05) is 56.9 Å². The summed E-state index contributed by atoms with van der Waals surface area (Å²) in [6.07, 6.45) is 28.9. The number of alkyl carbamates (subject to hydrolysis) is 1. The van der Waals surface area contributed by atoms with E-state index in [2.05, 4.69) is 37.9 Å². The lowest BCUT2D eigenvalue weighted by atomic mass is 9.70. The topological polar surface area (TPSA) is 151 Å². The summed E-state index contributed by atoms with van der Waals surface area (Å²) in [4.78, 5) is 63.4. The number of carbonyl (C=O) groups excluding carboxylic acids is 5. The molecule has 11 heteroatoms. The molecule has 358 valence electrons. The minimum Gasteiger partial charge on any atom is -0.446 e. The number of allylic oxidation sites excluding steroid dienone is 6. The number of hydrogen-bond acceptors (Lipinski definition) is 10. The number of rotatable bonds is 28. The number of hydrogen-bond donors (Lipinski definition) is 2. The molecule has 2 saturated carbocycles. The standard InChI is InChI=1S/C53H82N2O8S/c1-11-41(33-54)34-55-52(60)63-44-24-27-53(8,28-25-44)26-23-43(42-20-21-42)30-46(57)38(5)29-39(6)49(64-10)32-47(58)35(2)17-15-13-12-14-16-18-36(3)48(61-9)31-45-22-19-37(4)51(62-45)50(59)40(7)56/h11-14,16,18,29,33,35,37-38,42-45,48-49,51H,1,15,17,19-28,30-32,34,54H2,2-10H3,(H,55,60)/b13-12+,16-14+,36-18+,39-29+,41-33+/t35?,37-,38?,43?,44?,45+,48?,49?,51?,53?/m1/s1. The second kappa shape index (κ2) is 27.8. The number of ether oxygens (including phenoxy) is 3. The first-order chi connectivity index (χ1) is 30.4. The van der Waals surface area contributed by atoms with Crippen molar-refractivity contribution in [2.45, 2.75) is 174 Å². The van der Waals surface area contributed by atoms with Crippen molar-refractivity contribution in [1.82, 2.24) is 5.32 Å². The second-order valence-electron chi connectivity index (χ2n) is 19.4. The lowest BCUT2D eigenvalue weighted by molar-refractivity contribution is -0.154. The third-order valence-electron chi connectivity index (χ3n) is 14.1. The molecule has 0 radical (unpaired) electrons. The zero-order valence-electron chi connectivity index (χ0n) is 40.7. The third kappa shape index (κ3) is 18.7. The van der Waals surface area contributed by atoms with Gasteiger partial charge in [0.25, 0.3) is 0 Å². The minimum atomic E-state index is -0.678. The summed E-state index contributed by atoms with van der Waals surface area (Å²) in [5.74, 6) is 0.450. The fourth-order valence-electron chi connectivity index (χ4n) is 9.15. The van der Waals surface area contributed by atoms with E-state index >= 15 is 0 Å². The summed E-state index contributed by atoms with van der Waals surface area (Å²) in [5.41, 5.74) is 8.61. The van der Waals surface area contributed by atoms with Gasteiger partial charge in [0.05, 0.1) is 12.2 Å². The molecule has 3 rings (SSSR count). The van der Waals surface area contributed by atoms with Gasteiger partial charge in [0.1, 0.15) is 23.8 Å². The monoisotopic (exact) mass is 907 g/mol. The Morgan fingerprint density at radius 3 is 2.25 bits per heavy atom. The molecule has 3 N–H and O–H groups in total. The maximum absolute atomic E-state index is 13.7. The highest BCUT2D eigenvalue weighted by Gasteiger charge is 2.38. The van der Waals surface area contributed by atoms with Crippen LogP contribution in [0.2, 0.25) is 0 Å². The number of carbonyl (C=O) groups is 5. The van der Waals surface area contributed by atoms with Crippen molar-refractivity contribution >= 4 is 41.0 Å². The Bertz CT molecular complexity index is 1720. The van der Waals surface area contributed by atoms with E-state index in [4.69, 9.17) is 19.9 Å². The fourth-order valence-corrected chi connectivity index (χ4v) is 9.93. The number of nitrogens with two attached hydrogens (primary N) is 1. The van der Waals surface area contributed by atoms with E-state index in [9.17, 15) is 24.0 Å². The van der Waals surface area contributed by atoms with Crippen LogP contribution >= 0.6 is 11.8 Å². The van der Waals surface area contributed by atoms with Crippen molar-refractivity contribution in [2.75, 3.05) is 19.9 Å². The molecule has 64 heavy (non-hydrogen) atoms. The predicted molar refractivity (Wildman–Crippen MR) is 261 cm³/mol. The summed E-state index contributed by atoms with van der Waals surface area (Å²) >= 11 is 1.68. The zero-order chi connectivity index (χ0) is 47.4. The van der Waals surface area contributed by atoms with Crippen molar-refractivity contribution in [1.29, 1.82) is 0 Å². The maximum Gasteiger partial charge on any atom is 0.407 e. The molecule has 0 aromatic heterocycles. The Hall–Kier alpha value is -3.54. The molecule has 1 heterocycles.